The number of hydrogen-bond donors (Lipinski definition) is 1. The minimum Gasteiger partial charge on any atom is -0.463 e. The first-order valence-corrected chi connectivity index (χ1v) is 4.51. The average Bonchev–Trinajstić information content (AvgIpc) is 2.01. The molecule has 72 valence electrons. The van der Waals surface area contributed by atoms with Gasteiger partial charge in [0.1, 0.15) is 0 Å². The highest BCUT2D eigenvalue weighted by Crippen LogP contribution is 2.03. The van der Waals surface area contributed by atoms with E-state index in [2.05, 4.69) is 6.92 Å². The van der Waals surface area contributed by atoms with E-state index >= 15 is 0 Å². The summed E-state index contributed by atoms with van der Waals surface area (Å²) in [7, 11) is 0. The third-order valence-electron chi connectivity index (χ3n) is 1.57. The molecule has 0 bridgehead atoms. The summed E-state index contributed by atoms with van der Waals surface area (Å²) in [4.78, 5) is 11.0. The molecule has 0 aliphatic rings. The number of carbonyl (C=O) groups excluding carboxylic acids is 1. The molecule has 0 saturated heterocycles. The van der Waals surface area contributed by atoms with Gasteiger partial charge < -0.3 is 9.84 Å². The SMILES string of the molecule is CCC[C@H](C)OC(=O)CCCO. The number of rotatable bonds is 6. The second-order valence-electron chi connectivity index (χ2n) is 2.92. The van der Waals surface area contributed by atoms with Crippen molar-refractivity contribution in [3.05, 3.63) is 0 Å². The predicted molar refractivity (Wildman–Crippen MR) is 46.8 cm³/mol. The van der Waals surface area contributed by atoms with E-state index in [-0.39, 0.29) is 18.7 Å². The van der Waals surface area contributed by atoms with Gasteiger partial charge in [0.15, 0.2) is 0 Å². The Balaban J connectivity index is 3.40. The molecule has 0 spiro atoms. The van der Waals surface area contributed by atoms with Crippen LogP contribution in [0.3, 0.4) is 0 Å². The molecule has 0 radical (unpaired) electrons. The van der Waals surface area contributed by atoms with Gasteiger partial charge in [-0.1, -0.05) is 13.3 Å². The maximum absolute atomic E-state index is 11.0. The van der Waals surface area contributed by atoms with Crippen LogP contribution in [0.5, 0.6) is 0 Å². The maximum atomic E-state index is 11.0. The molecule has 1 atom stereocenters. The summed E-state index contributed by atoms with van der Waals surface area (Å²) in [6, 6.07) is 0. The van der Waals surface area contributed by atoms with Gasteiger partial charge in [0.25, 0.3) is 0 Å². The van der Waals surface area contributed by atoms with Crippen molar-refractivity contribution < 1.29 is 14.6 Å². The van der Waals surface area contributed by atoms with Gasteiger partial charge in [0.05, 0.1) is 6.10 Å². The molecule has 0 unspecified atom stereocenters. The fraction of sp³-hybridized carbons (Fsp3) is 0.889. The van der Waals surface area contributed by atoms with Gasteiger partial charge in [-0.15, -0.1) is 0 Å². The minimum absolute atomic E-state index is 0.0150. The Kier molecular flexibility index (Phi) is 6.76. The van der Waals surface area contributed by atoms with E-state index in [0.29, 0.717) is 12.8 Å². The predicted octanol–water partition coefficient (Wildman–Crippen LogP) is 1.49. The van der Waals surface area contributed by atoms with Crippen LogP contribution in [-0.4, -0.2) is 23.8 Å². The largest absolute Gasteiger partial charge is 0.463 e. The summed E-state index contributed by atoms with van der Waals surface area (Å²) in [5, 5.41) is 8.44. The molecule has 0 aromatic heterocycles. The lowest BCUT2D eigenvalue weighted by molar-refractivity contribution is -0.148. The highest BCUT2D eigenvalue weighted by Gasteiger charge is 2.07. The van der Waals surface area contributed by atoms with E-state index in [0.717, 1.165) is 12.8 Å². The highest BCUT2D eigenvalue weighted by atomic mass is 16.5. The number of esters is 1. The van der Waals surface area contributed by atoms with Crippen molar-refractivity contribution in [1.29, 1.82) is 0 Å². The van der Waals surface area contributed by atoms with Crippen LogP contribution in [0.4, 0.5) is 0 Å². The zero-order valence-corrected chi connectivity index (χ0v) is 7.88. The molecular formula is C9H18O3. The Morgan fingerprint density at radius 1 is 1.58 bits per heavy atom. The topological polar surface area (TPSA) is 46.5 Å². The fourth-order valence-electron chi connectivity index (χ4n) is 0.972. The van der Waals surface area contributed by atoms with Crippen molar-refractivity contribution in [2.75, 3.05) is 6.61 Å². The molecular weight excluding hydrogens is 156 g/mol. The van der Waals surface area contributed by atoms with Gasteiger partial charge in [-0.25, -0.2) is 0 Å². The molecule has 0 amide bonds. The van der Waals surface area contributed by atoms with Crippen LogP contribution in [0.2, 0.25) is 0 Å². The summed E-state index contributed by atoms with van der Waals surface area (Å²) in [5.74, 6) is -0.204. The first-order chi connectivity index (χ1) is 5.70. The van der Waals surface area contributed by atoms with E-state index in [1.807, 2.05) is 6.92 Å². The van der Waals surface area contributed by atoms with Crippen LogP contribution in [0.25, 0.3) is 0 Å². The van der Waals surface area contributed by atoms with Gasteiger partial charge in [-0.3, -0.25) is 4.79 Å². The smallest absolute Gasteiger partial charge is 0.306 e. The second-order valence-corrected chi connectivity index (χ2v) is 2.92. The quantitative estimate of drug-likeness (QED) is 0.620. The molecule has 0 heterocycles. The normalized spacial score (nSPS) is 12.6. The molecule has 3 nitrogen and oxygen atoms in total. The highest BCUT2D eigenvalue weighted by molar-refractivity contribution is 5.69. The van der Waals surface area contributed by atoms with E-state index in [9.17, 15) is 4.79 Å². The minimum atomic E-state index is -0.204. The van der Waals surface area contributed by atoms with Crippen molar-refractivity contribution in [2.24, 2.45) is 0 Å². The van der Waals surface area contributed by atoms with Crippen molar-refractivity contribution >= 4 is 5.97 Å². The van der Waals surface area contributed by atoms with Crippen LogP contribution < -0.4 is 0 Å². The third-order valence-corrected chi connectivity index (χ3v) is 1.57. The number of aliphatic hydroxyl groups is 1. The Hall–Kier alpha value is -0.570. The van der Waals surface area contributed by atoms with E-state index in [1.54, 1.807) is 0 Å². The van der Waals surface area contributed by atoms with Crippen LogP contribution in [0, 0.1) is 0 Å². The van der Waals surface area contributed by atoms with Gasteiger partial charge in [0.2, 0.25) is 0 Å². The maximum Gasteiger partial charge on any atom is 0.306 e. The van der Waals surface area contributed by atoms with Crippen LogP contribution >= 0.6 is 0 Å². The molecule has 0 aliphatic heterocycles. The van der Waals surface area contributed by atoms with E-state index in [1.165, 1.54) is 0 Å². The number of hydrogen-bond acceptors (Lipinski definition) is 3. The van der Waals surface area contributed by atoms with Gasteiger partial charge >= 0.3 is 5.97 Å². The Morgan fingerprint density at radius 2 is 2.25 bits per heavy atom. The van der Waals surface area contributed by atoms with Crippen LogP contribution in [0.1, 0.15) is 39.5 Å². The lowest BCUT2D eigenvalue weighted by Crippen LogP contribution is -2.14. The average molecular weight is 174 g/mol. The van der Waals surface area contributed by atoms with Crippen molar-refractivity contribution in [1.82, 2.24) is 0 Å². The van der Waals surface area contributed by atoms with Crippen molar-refractivity contribution in [3.8, 4) is 0 Å². The third kappa shape index (κ3) is 6.16. The summed E-state index contributed by atoms with van der Waals surface area (Å²) in [6.45, 7) is 4.00. The van der Waals surface area contributed by atoms with E-state index < -0.39 is 0 Å². The fourth-order valence-corrected chi connectivity index (χ4v) is 0.972. The molecule has 1 N–H and O–H groups in total. The zero-order chi connectivity index (χ0) is 9.40. The molecule has 0 saturated carbocycles. The summed E-state index contributed by atoms with van der Waals surface area (Å²) < 4.78 is 5.04. The molecule has 0 fully saturated rings. The molecule has 0 aliphatic carbocycles. The van der Waals surface area contributed by atoms with Crippen LogP contribution in [-0.2, 0) is 9.53 Å². The monoisotopic (exact) mass is 174 g/mol. The lowest BCUT2D eigenvalue weighted by Gasteiger charge is -2.11. The summed E-state index contributed by atoms with van der Waals surface area (Å²) >= 11 is 0. The Labute approximate surface area is 73.7 Å². The summed E-state index contributed by atoms with van der Waals surface area (Å²) in [6.07, 6.45) is 2.77. The molecule has 12 heavy (non-hydrogen) atoms. The Bertz CT molecular complexity index is 123. The molecule has 0 aromatic rings. The summed E-state index contributed by atoms with van der Waals surface area (Å²) in [5.41, 5.74) is 0. The lowest BCUT2D eigenvalue weighted by atomic mass is 10.2. The van der Waals surface area contributed by atoms with Gasteiger partial charge in [-0.2, -0.15) is 0 Å². The number of aliphatic hydroxyl groups excluding tert-OH is 1. The van der Waals surface area contributed by atoms with Crippen molar-refractivity contribution in [2.45, 2.75) is 45.6 Å². The Morgan fingerprint density at radius 3 is 2.75 bits per heavy atom. The van der Waals surface area contributed by atoms with Gasteiger partial charge in [-0.05, 0) is 19.8 Å². The van der Waals surface area contributed by atoms with Crippen LogP contribution in [0.15, 0.2) is 0 Å². The molecule has 0 aromatic carbocycles. The standard InChI is InChI=1S/C9H18O3/c1-3-5-8(2)12-9(11)6-4-7-10/h8,10H,3-7H2,1-2H3/t8-/m0/s1. The van der Waals surface area contributed by atoms with E-state index in [4.69, 9.17) is 9.84 Å². The van der Waals surface area contributed by atoms with Crippen molar-refractivity contribution in [3.63, 3.8) is 0 Å². The molecule has 3 heteroatoms. The zero-order valence-electron chi connectivity index (χ0n) is 7.88. The second kappa shape index (κ2) is 7.10. The molecule has 0 rings (SSSR count). The first kappa shape index (κ1) is 11.4. The first-order valence-electron chi connectivity index (χ1n) is 4.51. The number of ether oxygens (including phenoxy) is 1. The van der Waals surface area contributed by atoms with Gasteiger partial charge in [0, 0.05) is 13.0 Å². The number of carbonyl (C=O) groups is 1.